The zero-order chi connectivity index (χ0) is 13.0. The van der Waals surface area contributed by atoms with Gasteiger partial charge >= 0.3 is 0 Å². The van der Waals surface area contributed by atoms with E-state index in [0.29, 0.717) is 16.6 Å². The first-order valence-electron chi connectivity index (χ1n) is 5.35. The highest BCUT2D eigenvalue weighted by molar-refractivity contribution is 9.10. The second kappa shape index (κ2) is 6.02. The SMILES string of the molecule is CC(CNC(=O)c1ccc(Br)c(O)c1)N(C)C. The van der Waals surface area contributed by atoms with E-state index in [1.807, 2.05) is 25.9 Å². The minimum Gasteiger partial charge on any atom is -0.507 e. The number of hydrogen-bond acceptors (Lipinski definition) is 3. The molecule has 0 aliphatic carbocycles. The second-order valence-electron chi connectivity index (χ2n) is 4.19. The number of amides is 1. The molecule has 0 bridgehead atoms. The van der Waals surface area contributed by atoms with Gasteiger partial charge in [-0.15, -0.1) is 0 Å². The Labute approximate surface area is 110 Å². The number of hydrogen-bond donors (Lipinski definition) is 2. The van der Waals surface area contributed by atoms with Gasteiger partial charge in [-0.1, -0.05) is 0 Å². The Morgan fingerprint density at radius 2 is 2.18 bits per heavy atom. The molecule has 0 heterocycles. The van der Waals surface area contributed by atoms with E-state index in [4.69, 9.17) is 0 Å². The van der Waals surface area contributed by atoms with Crippen molar-refractivity contribution < 1.29 is 9.90 Å². The molecule has 1 aromatic carbocycles. The van der Waals surface area contributed by atoms with Crippen molar-refractivity contribution in [3.63, 3.8) is 0 Å². The quantitative estimate of drug-likeness (QED) is 0.892. The van der Waals surface area contributed by atoms with Gasteiger partial charge in [0.2, 0.25) is 0 Å². The van der Waals surface area contributed by atoms with Crippen molar-refractivity contribution in [1.29, 1.82) is 0 Å². The summed E-state index contributed by atoms with van der Waals surface area (Å²) >= 11 is 3.17. The maximum absolute atomic E-state index is 11.8. The van der Waals surface area contributed by atoms with Gasteiger partial charge in [0.05, 0.1) is 4.47 Å². The summed E-state index contributed by atoms with van der Waals surface area (Å²) < 4.78 is 0.579. The minimum atomic E-state index is -0.179. The number of nitrogens with one attached hydrogen (secondary N) is 1. The number of benzene rings is 1. The highest BCUT2D eigenvalue weighted by Crippen LogP contribution is 2.24. The molecule has 1 amide bonds. The van der Waals surface area contributed by atoms with E-state index in [2.05, 4.69) is 21.2 Å². The summed E-state index contributed by atoms with van der Waals surface area (Å²) in [6.07, 6.45) is 0. The van der Waals surface area contributed by atoms with Gasteiger partial charge < -0.3 is 15.3 Å². The van der Waals surface area contributed by atoms with E-state index in [1.54, 1.807) is 12.1 Å². The van der Waals surface area contributed by atoms with Crippen LogP contribution >= 0.6 is 15.9 Å². The molecule has 0 saturated carbocycles. The Bertz CT molecular complexity index is 407. The van der Waals surface area contributed by atoms with Crippen molar-refractivity contribution in [3.05, 3.63) is 28.2 Å². The van der Waals surface area contributed by atoms with Crippen LogP contribution in [0.25, 0.3) is 0 Å². The summed E-state index contributed by atoms with van der Waals surface area (Å²) in [6.45, 7) is 2.60. The topological polar surface area (TPSA) is 52.6 Å². The highest BCUT2D eigenvalue weighted by atomic mass is 79.9. The smallest absolute Gasteiger partial charge is 0.251 e. The molecule has 0 fully saturated rings. The lowest BCUT2D eigenvalue weighted by molar-refractivity contribution is 0.0943. The average molecular weight is 301 g/mol. The maximum Gasteiger partial charge on any atom is 0.251 e. The van der Waals surface area contributed by atoms with Gasteiger partial charge in [0.1, 0.15) is 5.75 Å². The third kappa shape index (κ3) is 4.02. The van der Waals surface area contributed by atoms with Gasteiger partial charge in [0, 0.05) is 18.2 Å². The summed E-state index contributed by atoms with van der Waals surface area (Å²) in [5, 5.41) is 12.3. The molecule has 0 aliphatic rings. The fourth-order valence-corrected chi connectivity index (χ4v) is 1.43. The molecule has 0 radical (unpaired) electrons. The fourth-order valence-electron chi connectivity index (χ4n) is 1.18. The minimum absolute atomic E-state index is 0.0679. The predicted octanol–water partition coefficient (Wildman–Crippen LogP) is 1.83. The third-order valence-electron chi connectivity index (χ3n) is 2.65. The van der Waals surface area contributed by atoms with Crippen LogP contribution in [-0.2, 0) is 0 Å². The van der Waals surface area contributed by atoms with Crippen molar-refractivity contribution in [3.8, 4) is 5.75 Å². The van der Waals surface area contributed by atoms with E-state index >= 15 is 0 Å². The molecule has 2 N–H and O–H groups in total. The largest absolute Gasteiger partial charge is 0.507 e. The van der Waals surface area contributed by atoms with E-state index in [-0.39, 0.29) is 17.7 Å². The van der Waals surface area contributed by atoms with Gasteiger partial charge in [0.25, 0.3) is 5.91 Å². The first-order chi connectivity index (χ1) is 7.91. The number of halogens is 1. The number of likely N-dealkylation sites (N-methyl/N-ethyl adjacent to an activating group) is 1. The molecule has 5 heteroatoms. The summed E-state index contributed by atoms with van der Waals surface area (Å²) in [5.41, 5.74) is 0.455. The van der Waals surface area contributed by atoms with Gasteiger partial charge in [-0.05, 0) is 55.1 Å². The van der Waals surface area contributed by atoms with Gasteiger partial charge in [0.15, 0.2) is 0 Å². The standard InChI is InChI=1S/C12H17BrN2O2/c1-8(15(2)3)7-14-12(17)9-4-5-10(13)11(16)6-9/h4-6,8,16H,7H2,1-3H3,(H,14,17). The van der Waals surface area contributed by atoms with E-state index in [9.17, 15) is 9.90 Å². The first-order valence-corrected chi connectivity index (χ1v) is 6.14. The fraction of sp³-hybridized carbons (Fsp3) is 0.417. The van der Waals surface area contributed by atoms with Gasteiger partial charge in [-0.25, -0.2) is 0 Å². The number of rotatable bonds is 4. The Morgan fingerprint density at radius 3 is 2.71 bits per heavy atom. The monoisotopic (exact) mass is 300 g/mol. The maximum atomic E-state index is 11.8. The summed E-state index contributed by atoms with van der Waals surface area (Å²) in [4.78, 5) is 13.8. The molecule has 94 valence electrons. The van der Waals surface area contributed by atoms with Crippen LogP contribution in [0.3, 0.4) is 0 Å². The van der Waals surface area contributed by atoms with Crippen LogP contribution < -0.4 is 5.32 Å². The Morgan fingerprint density at radius 1 is 1.53 bits per heavy atom. The number of phenolic OH excluding ortho intramolecular Hbond substituents is 1. The lowest BCUT2D eigenvalue weighted by Crippen LogP contribution is -2.38. The molecule has 1 unspecified atom stereocenters. The zero-order valence-corrected chi connectivity index (χ0v) is 11.8. The lowest BCUT2D eigenvalue weighted by atomic mass is 10.2. The lowest BCUT2D eigenvalue weighted by Gasteiger charge is -2.19. The Kier molecular flexibility index (Phi) is 4.96. The summed E-state index contributed by atoms with van der Waals surface area (Å²) in [6, 6.07) is 5.03. The number of nitrogens with zero attached hydrogens (tertiary/aromatic N) is 1. The number of phenols is 1. The molecular weight excluding hydrogens is 284 g/mol. The van der Waals surface area contributed by atoms with E-state index in [0.717, 1.165) is 0 Å². The molecule has 0 saturated heterocycles. The Balaban J connectivity index is 2.61. The molecule has 0 aliphatic heterocycles. The highest BCUT2D eigenvalue weighted by Gasteiger charge is 2.10. The number of carbonyl (C=O) groups excluding carboxylic acids is 1. The number of aromatic hydroxyl groups is 1. The molecular formula is C12H17BrN2O2. The van der Waals surface area contributed by atoms with Crippen LogP contribution in [0.15, 0.2) is 22.7 Å². The molecule has 1 atom stereocenters. The molecule has 4 nitrogen and oxygen atoms in total. The molecule has 0 spiro atoms. The molecule has 1 rings (SSSR count). The van der Waals surface area contributed by atoms with Crippen molar-refractivity contribution in [2.45, 2.75) is 13.0 Å². The van der Waals surface area contributed by atoms with Crippen LogP contribution in [0, 0.1) is 0 Å². The van der Waals surface area contributed by atoms with Crippen molar-refractivity contribution in [2.24, 2.45) is 0 Å². The van der Waals surface area contributed by atoms with E-state index in [1.165, 1.54) is 6.07 Å². The second-order valence-corrected chi connectivity index (χ2v) is 5.04. The van der Waals surface area contributed by atoms with Gasteiger partial charge in [-0.3, -0.25) is 4.79 Å². The first kappa shape index (κ1) is 14.0. The Hall–Kier alpha value is -1.07. The van der Waals surface area contributed by atoms with Crippen LogP contribution in [0.2, 0.25) is 0 Å². The van der Waals surface area contributed by atoms with Crippen LogP contribution in [-0.4, -0.2) is 42.6 Å². The van der Waals surface area contributed by atoms with E-state index < -0.39 is 0 Å². The van der Waals surface area contributed by atoms with Crippen molar-refractivity contribution in [2.75, 3.05) is 20.6 Å². The van der Waals surface area contributed by atoms with Crippen LogP contribution in [0.4, 0.5) is 0 Å². The van der Waals surface area contributed by atoms with Crippen LogP contribution in [0.1, 0.15) is 17.3 Å². The summed E-state index contributed by atoms with van der Waals surface area (Å²) in [5.74, 6) is -0.111. The zero-order valence-electron chi connectivity index (χ0n) is 10.2. The molecule has 1 aromatic rings. The third-order valence-corrected chi connectivity index (χ3v) is 3.32. The summed E-state index contributed by atoms with van der Waals surface area (Å²) in [7, 11) is 3.92. The average Bonchev–Trinajstić information content (AvgIpc) is 2.28. The van der Waals surface area contributed by atoms with Crippen molar-refractivity contribution in [1.82, 2.24) is 10.2 Å². The van der Waals surface area contributed by atoms with Crippen molar-refractivity contribution >= 4 is 21.8 Å². The molecule has 17 heavy (non-hydrogen) atoms. The predicted molar refractivity (Wildman–Crippen MR) is 71.3 cm³/mol. The van der Waals surface area contributed by atoms with Crippen LogP contribution in [0.5, 0.6) is 5.75 Å². The number of carbonyl (C=O) groups is 1. The van der Waals surface area contributed by atoms with Gasteiger partial charge in [-0.2, -0.15) is 0 Å². The normalized spacial score (nSPS) is 12.5. The molecule has 0 aromatic heterocycles.